The standard InChI is InChI=1S/C26H35FN4O3/c1-17(2)18-4-7-20(8-5-18)30-12-10-21(11-13-30)31-24-9-6-19(27)14-22(24)23(15-29-33-3)25(31)16-34-26(28)32/h6,9,14-15,20-21H,4-5,7-8,10-13,16H2,1-3H3,(H2,28,32). The van der Waals surface area contributed by atoms with Crippen molar-refractivity contribution in [2.45, 2.75) is 71.1 Å². The number of primary amides is 1. The zero-order valence-corrected chi connectivity index (χ0v) is 20.3. The summed E-state index contributed by atoms with van der Waals surface area (Å²) >= 11 is 0. The predicted octanol–water partition coefficient (Wildman–Crippen LogP) is 5.27. The number of benzene rings is 1. The van der Waals surface area contributed by atoms with Crippen molar-refractivity contribution in [3.8, 4) is 0 Å². The molecule has 1 amide bonds. The molecule has 0 radical (unpaired) electrons. The number of oxime groups is 1. The minimum atomic E-state index is -0.847. The van der Waals surface area contributed by atoms with Gasteiger partial charge in [-0.1, -0.05) is 16.3 Å². The molecule has 4 rings (SSSR count). The molecule has 34 heavy (non-hydrogen) atoms. The highest BCUT2D eigenvalue weighted by Gasteiger charge is 2.30. The maximum Gasteiger partial charge on any atom is 0.404 e. The molecular formula is C26H35FN4O3. The number of hydrogen-bond donors (Lipinski definition) is 1. The summed E-state index contributed by atoms with van der Waals surface area (Å²) in [6.07, 6.45) is 7.51. The van der Waals surface area contributed by atoms with E-state index in [4.69, 9.17) is 15.3 Å². The molecule has 0 bridgehead atoms. The molecule has 1 aliphatic carbocycles. The van der Waals surface area contributed by atoms with Gasteiger partial charge in [0.15, 0.2) is 0 Å². The zero-order chi connectivity index (χ0) is 24.2. The van der Waals surface area contributed by atoms with Gasteiger partial charge in [-0.25, -0.2) is 9.18 Å². The topological polar surface area (TPSA) is 82.1 Å². The lowest BCUT2D eigenvalue weighted by Gasteiger charge is -2.40. The summed E-state index contributed by atoms with van der Waals surface area (Å²) in [5, 5.41) is 4.63. The van der Waals surface area contributed by atoms with Crippen LogP contribution in [0.1, 0.15) is 69.7 Å². The van der Waals surface area contributed by atoms with E-state index < -0.39 is 6.09 Å². The van der Waals surface area contributed by atoms with E-state index in [2.05, 4.69) is 28.5 Å². The SMILES string of the molecule is CON=Cc1c(COC(N)=O)n(C2CCN(C3CCC(=C(C)C)CC3)CC2)c2ccc(F)cc12. The fourth-order valence-corrected chi connectivity index (χ4v) is 5.64. The molecule has 2 fully saturated rings. The van der Waals surface area contributed by atoms with E-state index in [-0.39, 0.29) is 18.5 Å². The largest absolute Gasteiger partial charge is 0.443 e. The van der Waals surface area contributed by atoms with Gasteiger partial charge in [0.05, 0.1) is 11.9 Å². The van der Waals surface area contributed by atoms with E-state index in [1.807, 2.05) is 0 Å². The first-order chi connectivity index (χ1) is 16.4. The van der Waals surface area contributed by atoms with Gasteiger partial charge in [0.1, 0.15) is 19.5 Å². The van der Waals surface area contributed by atoms with Gasteiger partial charge in [-0.05, 0) is 70.6 Å². The van der Waals surface area contributed by atoms with Crippen LogP contribution in [0.5, 0.6) is 0 Å². The third-order valence-electron chi connectivity index (χ3n) is 7.39. The third kappa shape index (κ3) is 5.12. The minimum absolute atomic E-state index is 0.00891. The fraction of sp³-hybridized carbons (Fsp3) is 0.538. The summed E-state index contributed by atoms with van der Waals surface area (Å²) in [6, 6.07) is 5.59. The first-order valence-electron chi connectivity index (χ1n) is 12.1. The van der Waals surface area contributed by atoms with Crippen molar-refractivity contribution < 1.29 is 18.8 Å². The number of piperidine rings is 1. The predicted molar refractivity (Wildman–Crippen MR) is 131 cm³/mol. The third-order valence-corrected chi connectivity index (χ3v) is 7.39. The molecule has 1 saturated heterocycles. The van der Waals surface area contributed by atoms with Crippen LogP contribution < -0.4 is 5.73 Å². The van der Waals surface area contributed by atoms with Gasteiger partial charge in [0.2, 0.25) is 0 Å². The summed E-state index contributed by atoms with van der Waals surface area (Å²) in [5.41, 5.74) is 10.7. The molecule has 0 atom stereocenters. The highest BCUT2D eigenvalue weighted by Crippen LogP contribution is 2.36. The average molecular weight is 471 g/mol. The highest BCUT2D eigenvalue weighted by molar-refractivity contribution is 6.01. The van der Waals surface area contributed by atoms with E-state index in [1.54, 1.807) is 17.9 Å². The summed E-state index contributed by atoms with van der Waals surface area (Å²) in [6.45, 7) is 6.46. The Labute approximate surface area is 200 Å². The first-order valence-corrected chi connectivity index (χ1v) is 12.1. The molecule has 1 saturated carbocycles. The molecule has 2 aliphatic rings. The van der Waals surface area contributed by atoms with Crippen LogP contribution in [-0.2, 0) is 16.2 Å². The number of ether oxygens (including phenoxy) is 1. The van der Waals surface area contributed by atoms with Crippen LogP contribution in [0.15, 0.2) is 34.5 Å². The Balaban J connectivity index is 1.60. The van der Waals surface area contributed by atoms with Gasteiger partial charge < -0.3 is 24.8 Å². The Morgan fingerprint density at radius 2 is 1.88 bits per heavy atom. The number of nitrogens with zero attached hydrogens (tertiary/aromatic N) is 3. The molecule has 1 aliphatic heterocycles. The van der Waals surface area contributed by atoms with Crippen molar-refractivity contribution in [1.29, 1.82) is 0 Å². The molecule has 0 unspecified atom stereocenters. The molecular weight excluding hydrogens is 435 g/mol. The molecule has 184 valence electrons. The minimum Gasteiger partial charge on any atom is -0.443 e. The number of fused-ring (bicyclic) bond motifs is 1. The van der Waals surface area contributed by atoms with E-state index in [0.29, 0.717) is 17.0 Å². The van der Waals surface area contributed by atoms with Crippen LogP contribution in [0.25, 0.3) is 10.9 Å². The summed E-state index contributed by atoms with van der Waals surface area (Å²) in [5.74, 6) is -0.332. The Hall–Kier alpha value is -2.87. The van der Waals surface area contributed by atoms with Crippen LogP contribution in [-0.4, -0.2) is 48.0 Å². The molecule has 1 aromatic carbocycles. The quantitative estimate of drug-likeness (QED) is 0.354. The van der Waals surface area contributed by atoms with Gasteiger partial charge >= 0.3 is 6.09 Å². The van der Waals surface area contributed by atoms with Gasteiger partial charge in [0, 0.05) is 41.6 Å². The monoisotopic (exact) mass is 470 g/mol. The van der Waals surface area contributed by atoms with Crippen LogP contribution >= 0.6 is 0 Å². The van der Waals surface area contributed by atoms with Crippen molar-refractivity contribution in [3.63, 3.8) is 0 Å². The van der Waals surface area contributed by atoms with Crippen molar-refractivity contribution in [2.24, 2.45) is 10.9 Å². The number of halogens is 1. The zero-order valence-electron chi connectivity index (χ0n) is 20.3. The normalized spacial score (nSPS) is 20.2. The average Bonchev–Trinajstić information content (AvgIpc) is 3.13. The lowest BCUT2D eigenvalue weighted by Crippen LogP contribution is -2.43. The Morgan fingerprint density at radius 1 is 1.18 bits per heavy atom. The molecule has 0 spiro atoms. The van der Waals surface area contributed by atoms with Crippen LogP contribution in [0, 0.1) is 5.82 Å². The Bertz CT molecular complexity index is 1090. The molecule has 2 aromatic rings. The number of allylic oxidation sites excluding steroid dienone is 2. The van der Waals surface area contributed by atoms with E-state index >= 15 is 0 Å². The number of likely N-dealkylation sites (tertiary alicyclic amines) is 1. The maximum absolute atomic E-state index is 14.2. The maximum atomic E-state index is 14.2. The Morgan fingerprint density at radius 3 is 2.50 bits per heavy atom. The second kappa shape index (κ2) is 10.6. The van der Waals surface area contributed by atoms with Gasteiger partial charge in [-0.2, -0.15) is 0 Å². The van der Waals surface area contributed by atoms with Crippen LogP contribution in [0.4, 0.5) is 9.18 Å². The molecule has 1 aromatic heterocycles. The van der Waals surface area contributed by atoms with Crippen LogP contribution in [0.2, 0.25) is 0 Å². The number of carbonyl (C=O) groups is 1. The van der Waals surface area contributed by atoms with Crippen molar-refractivity contribution in [1.82, 2.24) is 9.47 Å². The lowest BCUT2D eigenvalue weighted by molar-refractivity contribution is 0.113. The molecule has 7 nitrogen and oxygen atoms in total. The van der Waals surface area contributed by atoms with Crippen molar-refractivity contribution in [3.05, 3.63) is 46.4 Å². The molecule has 2 N–H and O–H groups in total. The second-order valence-corrected chi connectivity index (χ2v) is 9.52. The van der Waals surface area contributed by atoms with Crippen molar-refractivity contribution >= 4 is 23.2 Å². The second-order valence-electron chi connectivity index (χ2n) is 9.52. The summed E-state index contributed by atoms with van der Waals surface area (Å²) < 4.78 is 21.6. The van der Waals surface area contributed by atoms with Crippen LogP contribution in [0.3, 0.4) is 0 Å². The summed E-state index contributed by atoms with van der Waals surface area (Å²) in [7, 11) is 1.46. The fourth-order valence-electron chi connectivity index (χ4n) is 5.64. The highest BCUT2D eigenvalue weighted by atomic mass is 19.1. The smallest absolute Gasteiger partial charge is 0.404 e. The van der Waals surface area contributed by atoms with Crippen molar-refractivity contribution in [2.75, 3.05) is 20.2 Å². The summed E-state index contributed by atoms with van der Waals surface area (Å²) in [4.78, 5) is 18.9. The lowest BCUT2D eigenvalue weighted by atomic mass is 9.86. The van der Waals surface area contributed by atoms with E-state index in [9.17, 15) is 9.18 Å². The van der Waals surface area contributed by atoms with Gasteiger partial charge in [0.25, 0.3) is 0 Å². The number of amides is 1. The van der Waals surface area contributed by atoms with E-state index in [0.717, 1.165) is 37.1 Å². The van der Waals surface area contributed by atoms with E-state index in [1.165, 1.54) is 50.5 Å². The number of carbonyl (C=O) groups excluding carboxylic acids is 1. The van der Waals surface area contributed by atoms with Gasteiger partial charge in [-0.15, -0.1) is 0 Å². The number of aromatic nitrogens is 1. The number of nitrogens with two attached hydrogens (primary N) is 1. The van der Waals surface area contributed by atoms with Gasteiger partial charge in [-0.3, -0.25) is 0 Å². The molecule has 8 heteroatoms. The number of rotatable bonds is 6. The number of hydrogen-bond acceptors (Lipinski definition) is 5. The first kappa shape index (κ1) is 24.3. The Kier molecular flexibility index (Phi) is 7.56. The molecule has 2 heterocycles.